The molecule has 32 heavy (non-hydrogen) atoms. The van der Waals surface area contributed by atoms with Crippen molar-refractivity contribution in [3.8, 4) is 0 Å². The number of alkyl carbamates (subject to hydrolysis) is 1. The summed E-state index contributed by atoms with van der Waals surface area (Å²) in [4.78, 5) is 34.8. The van der Waals surface area contributed by atoms with Crippen LogP contribution >= 0.6 is 11.8 Å². The topological polar surface area (TPSA) is 130 Å². The van der Waals surface area contributed by atoms with Gasteiger partial charge >= 0.3 is 18.0 Å². The highest BCUT2D eigenvalue weighted by Crippen LogP contribution is 2.47. The largest absolute Gasteiger partial charge is 0.478 e. The molecule has 11 heteroatoms. The predicted octanol–water partition coefficient (Wildman–Crippen LogP) is 1.91. The SMILES string of the molecule is CC(=O)OC[C@H]1OC(C)(C)O[C@H]1[C@@H]1O[C@](Sc2ccccc2)(C(=O)O)C[C@@H]2OC(=O)N[C@@H]12. The van der Waals surface area contributed by atoms with Crippen LogP contribution in [0, 0.1) is 0 Å². The Morgan fingerprint density at radius 1 is 1.19 bits per heavy atom. The van der Waals surface area contributed by atoms with Crippen LogP contribution in [0.3, 0.4) is 0 Å². The first-order valence-electron chi connectivity index (χ1n) is 10.2. The lowest BCUT2D eigenvalue weighted by Crippen LogP contribution is -2.63. The Balaban J connectivity index is 1.67. The first kappa shape index (κ1) is 22.8. The van der Waals surface area contributed by atoms with Crippen molar-refractivity contribution in [2.24, 2.45) is 0 Å². The Morgan fingerprint density at radius 2 is 1.91 bits per heavy atom. The second kappa shape index (κ2) is 8.54. The average molecular weight is 467 g/mol. The van der Waals surface area contributed by atoms with E-state index in [2.05, 4.69) is 5.32 Å². The highest BCUT2D eigenvalue weighted by molar-refractivity contribution is 8.01. The summed E-state index contributed by atoms with van der Waals surface area (Å²) in [5.74, 6) is -2.72. The number of carbonyl (C=O) groups is 3. The van der Waals surface area contributed by atoms with E-state index in [0.29, 0.717) is 4.90 Å². The van der Waals surface area contributed by atoms with Gasteiger partial charge < -0.3 is 34.1 Å². The molecular formula is C21H25NO9S. The molecule has 3 aliphatic heterocycles. The minimum Gasteiger partial charge on any atom is -0.478 e. The number of carbonyl (C=O) groups excluding carboxylic acids is 2. The van der Waals surface area contributed by atoms with Crippen molar-refractivity contribution in [3.05, 3.63) is 30.3 Å². The van der Waals surface area contributed by atoms with Crippen LogP contribution in [-0.4, -0.2) is 70.9 Å². The summed E-state index contributed by atoms with van der Waals surface area (Å²) in [6.07, 6.45) is -3.97. The molecule has 0 spiro atoms. The van der Waals surface area contributed by atoms with Gasteiger partial charge in [-0.1, -0.05) is 30.0 Å². The standard InChI is InChI=1S/C21H25NO9S/c1-11(23)27-10-14-16(30-20(2,3)29-14)17-15-13(28-19(26)22-15)9-21(31-17,18(24)25)32-12-7-5-4-6-8-12/h4-8,13-17H,9-10H2,1-3H3,(H,22,26)(H,24,25)/t13-,14+,15+,16+,17+,21+/m0/s1. The number of ether oxygens (including phenoxy) is 5. The molecule has 1 aromatic rings. The van der Waals surface area contributed by atoms with Gasteiger partial charge in [-0.25, -0.2) is 9.59 Å². The predicted molar refractivity (Wildman–Crippen MR) is 110 cm³/mol. The molecule has 0 unspecified atom stereocenters. The van der Waals surface area contributed by atoms with Gasteiger partial charge in [-0.2, -0.15) is 0 Å². The number of aliphatic carboxylic acids is 1. The van der Waals surface area contributed by atoms with Gasteiger partial charge in [0.05, 0.1) is 6.04 Å². The van der Waals surface area contributed by atoms with E-state index in [1.54, 1.807) is 38.1 Å². The first-order chi connectivity index (χ1) is 15.1. The third kappa shape index (κ3) is 4.56. The number of nitrogens with one attached hydrogen (secondary N) is 1. The lowest BCUT2D eigenvalue weighted by atomic mass is 9.90. The molecule has 0 bridgehead atoms. The lowest BCUT2D eigenvalue weighted by molar-refractivity contribution is -0.200. The normalized spacial score (nSPS) is 35.5. The molecular weight excluding hydrogens is 442 g/mol. The van der Waals surface area contributed by atoms with E-state index in [1.807, 2.05) is 6.07 Å². The van der Waals surface area contributed by atoms with Crippen LogP contribution in [0.1, 0.15) is 27.2 Å². The Hall–Kier alpha value is -2.34. The van der Waals surface area contributed by atoms with Gasteiger partial charge in [0.15, 0.2) is 5.79 Å². The fourth-order valence-corrected chi connectivity index (χ4v) is 5.38. The number of hydrogen-bond donors (Lipinski definition) is 2. The zero-order valence-corrected chi connectivity index (χ0v) is 18.6. The molecule has 0 saturated carbocycles. The third-order valence-electron chi connectivity index (χ3n) is 5.44. The highest BCUT2D eigenvalue weighted by Gasteiger charge is 2.61. The maximum absolute atomic E-state index is 12.5. The fraction of sp³-hybridized carbons (Fsp3) is 0.571. The summed E-state index contributed by atoms with van der Waals surface area (Å²) in [5, 5.41) is 12.9. The van der Waals surface area contributed by atoms with Crippen LogP contribution in [0.5, 0.6) is 0 Å². The number of rotatable bonds is 6. The molecule has 0 aromatic heterocycles. The van der Waals surface area contributed by atoms with Crippen LogP contribution in [0.4, 0.5) is 4.79 Å². The smallest absolute Gasteiger partial charge is 0.407 e. The molecule has 1 amide bonds. The zero-order chi connectivity index (χ0) is 23.1. The summed E-state index contributed by atoms with van der Waals surface area (Å²) >= 11 is 1.03. The Morgan fingerprint density at radius 3 is 2.56 bits per heavy atom. The monoisotopic (exact) mass is 467 g/mol. The van der Waals surface area contributed by atoms with Crippen molar-refractivity contribution >= 4 is 29.8 Å². The average Bonchev–Trinajstić information content (AvgIpc) is 3.24. The number of carboxylic acid groups (broad SMARTS) is 1. The van der Waals surface area contributed by atoms with Crippen LogP contribution < -0.4 is 5.32 Å². The van der Waals surface area contributed by atoms with Crippen molar-refractivity contribution in [2.45, 2.75) is 73.3 Å². The van der Waals surface area contributed by atoms with E-state index in [-0.39, 0.29) is 13.0 Å². The molecule has 1 aromatic carbocycles. The van der Waals surface area contributed by atoms with E-state index >= 15 is 0 Å². The molecule has 3 heterocycles. The van der Waals surface area contributed by atoms with Crippen LogP contribution in [-0.2, 0) is 33.3 Å². The Labute approximate surface area is 188 Å². The van der Waals surface area contributed by atoms with Crippen molar-refractivity contribution in [2.75, 3.05) is 6.61 Å². The quantitative estimate of drug-likeness (QED) is 0.599. The van der Waals surface area contributed by atoms with Gasteiger partial charge in [-0.15, -0.1) is 0 Å². The first-order valence-corrected chi connectivity index (χ1v) is 11.0. The van der Waals surface area contributed by atoms with Crippen molar-refractivity contribution in [3.63, 3.8) is 0 Å². The minimum atomic E-state index is -1.73. The summed E-state index contributed by atoms with van der Waals surface area (Å²) in [6.45, 7) is 4.56. The van der Waals surface area contributed by atoms with Crippen LogP contribution in [0.25, 0.3) is 0 Å². The highest BCUT2D eigenvalue weighted by atomic mass is 32.2. The van der Waals surface area contributed by atoms with Gasteiger partial charge in [-0.3, -0.25) is 4.79 Å². The second-order valence-electron chi connectivity index (χ2n) is 8.31. The van der Waals surface area contributed by atoms with E-state index in [0.717, 1.165) is 11.8 Å². The van der Waals surface area contributed by atoms with Crippen molar-refractivity contribution < 1.29 is 43.2 Å². The van der Waals surface area contributed by atoms with Crippen LogP contribution in [0.2, 0.25) is 0 Å². The molecule has 3 saturated heterocycles. The molecule has 10 nitrogen and oxygen atoms in total. The third-order valence-corrected chi connectivity index (χ3v) is 6.72. The second-order valence-corrected chi connectivity index (χ2v) is 9.65. The molecule has 4 rings (SSSR count). The summed E-state index contributed by atoms with van der Waals surface area (Å²) < 4.78 is 28.7. The van der Waals surface area contributed by atoms with Crippen molar-refractivity contribution in [1.82, 2.24) is 5.32 Å². The lowest BCUT2D eigenvalue weighted by Gasteiger charge is -2.44. The number of hydrogen-bond acceptors (Lipinski definition) is 9. The number of esters is 1. The maximum Gasteiger partial charge on any atom is 0.407 e. The molecule has 0 radical (unpaired) electrons. The van der Waals surface area contributed by atoms with Gasteiger partial charge in [-0.05, 0) is 26.0 Å². The van der Waals surface area contributed by atoms with E-state index in [4.69, 9.17) is 23.7 Å². The van der Waals surface area contributed by atoms with Gasteiger partial charge in [0.1, 0.15) is 31.0 Å². The van der Waals surface area contributed by atoms with E-state index in [9.17, 15) is 19.5 Å². The molecule has 3 fully saturated rings. The number of thioether (sulfide) groups is 1. The zero-order valence-electron chi connectivity index (χ0n) is 17.8. The maximum atomic E-state index is 12.5. The summed E-state index contributed by atoms with van der Waals surface area (Å²) in [7, 11) is 0. The fourth-order valence-electron chi connectivity index (χ4n) is 4.21. The summed E-state index contributed by atoms with van der Waals surface area (Å²) in [5.41, 5.74) is 0. The van der Waals surface area contributed by atoms with Gasteiger partial charge in [0, 0.05) is 18.2 Å². The van der Waals surface area contributed by atoms with Gasteiger partial charge in [0.2, 0.25) is 4.93 Å². The number of carboxylic acids is 1. The van der Waals surface area contributed by atoms with Gasteiger partial charge in [0.25, 0.3) is 0 Å². The number of fused-ring (bicyclic) bond motifs is 1. The van der Waals surface area contributed by atoms with E-state index < -0.39 is 59.2 Å². The molecule has 6 atom stereocenters. The van der Waals surface area contributed by atoms with Crippen LogP contribution in [0.15, 0.2) is 35.2 Å². The Kier molecular flexibility index (Phi) is 6.10. The molecule has 3 aliphatic rings. The number of benzene rings is 1. The molecule has 2 N–H and O–H groups in total. The molecule has 0 aliphatic carbocycles. The summed E-state index contributed by atoms with van der Waals surface area (Å²) in [6, 6.07) is 8.31. The van der Waals surface area contributed by atoms with Crippen molar-refractivity contribution in [1.29, 1.82) is 0 Å². The number of amides is 1. The Bertz CT molecular complexity index is 895. The minimum absolute atomic E-state index is 0.0621. The van der Waals surface area contributed by atoms with E-state index in [1.165, 1.54) is 6.92 Å². The molecule has 174 valence electrons.